The van der Waals surface area contributed by atoms with Crippen molar-refractivity contribution < 1.29 is 9.59 Å². The molecule has 0 aromatic heterocycles. The quantitative estimate of drug-likeness (QED) is 0.273. The van der Waals surface area contributed by atoms with Gasteiger partial charge in [0.05, 0.1) is 0 Å². The molecule has 0 unspecified atom stereocenters. The molecular weight excluding hydrogens is 182 g/mol. The van der Waals surface area contributed by atoms with Crippen molar-refractivity contribution in [3.63, 3.8) is 0 Å². The fourth-order valence-corrected chi connectivity index (χ4v) is 0.924. The number of benzene rings is 1. The van der Waals surface area contributed by atoms with Gasteiger partial charge in [0.25, 0.3) is 0 Å². The van der Waals surface area contributed by atoms with E-state index in [1.54, 1.807) is 24.3 Å². The number of carbonyl (C=O) groups is 2. The largest absolute Gasteiger partial charge is 0.326 e. The van der Waals surface area contributed by atoms with Crippen molar-refractivity contribution in [1.82, 2.24) is 5.43 Å². The van der Waals surface area contributed by atoms with E-state index in [-0.39, 0.29) is 12.3 Å². The smallest absolute Gasteiger partial charge is 0.243 e. The van der Waals surface area contributed by atoms with E-state index >= 15 is 0 Å². The summed E-state index contributed by atoms with van der Waals surface area (Å²) < 4.78 is 0. The Morgan fingerprint density at radius 3 is 2.36 bits per heavy atom. The Morgan fingerprint density at radius 2 is 1.79 bits per heavy atom. The highest BCUT2D eigenvalue weighted by molar-refractivity contribution is 6.03. The molecular formula is C9H11N3O2. The molecule has 0 saturated heterocycles. The van der Waals surface area contributed by atoms with Crippen molar-refractivity contribution in [2.75, 3.05) is 5.32 Å². The second-order valence-corrected chi connectivity index (χ2v) is 2.66. The minimum Gasteiger partial charge on any atom is -0.326 e. The van der Waals surface area contributed by atoms with Crippen LogP contribution in [0.15, 0.2) is 30.3 Å². The summed E-state index contributed by atoms with van der Waals surface area (Å²) >= 11 is 0. The van der Waals surface area contributed by atoms with Crippen LogP contribution in [0, 0.1) is 0 Å². The maximum atomic E-state index is 11.2. The van der Waals surface area contributed by atoms with Gasteiger partial charge in [0.15, 0.2) is 0 Å². The fourth-order valence-electron chi connectivity index (χ4n) is 0.924. The van der Waals surface area contributed by atoms with Gasteiger partial charge in [0.1, 0.15) is 6.42 Å². The van der Waals surface area contributed by atoms with E-state index in [0.717, 1.165) is 0 Å². The molecule has 0 fully saturated rings. The molecule has 0 aliphatic rings. The highest BCUT2D eigenvalue weighted by Crippen LogP contribution is 2.04. The lowest BCUT2D eigenvalue weighted by Crippen LogP contribution is -2.33. The molecule has 5 nitrogen and oxygen atoms in total. The number of carbonyl (C=O) groups excluding carboxylic acids is 2. The van der Waals surface area contributed by atoms with Crippen LogP contribution in [-0.2, 0) is 9.59 Å². The third-order valence-electron chi connectivity index (χ3n) is 1.54. The Balaban J connectivity index is 2.46. The van der Waals surface area contributed by atoms with Crippen LogP contribution in [0.4, 0.5) is 5.69 Å². The Morgan fingerprint density at radius 1 is 1.14 bits per heavy atom. The predicted molar refractivity (Wildman–Crippen MR) is 52.0 cm³/mol. The average Bonchev–Trinajstić information content (AvgIpc) is 2.19. The first-order valence-electron chi connectivity index (χ1n) is 4.06. The summed E-state index contributed by atoms with van der Waals surface area (Å²) in [6.07, 6.45) is -0.272. The highest BCUT2D eigenvalue weighted by atomic mass is 16.2. The number of amides is 2. The molecule has 74 valence electrons. The number of hydrogen-bond donors (Lipinski definition) is 3. The standard InChI is InChI=1S/C9H11N3O2/c10-12-9(14)6-8(13)11-7-4-2-1-3-5-7/h1-5H,6,10H2,(H,11,13)(H,12,14). The van der Waals surface area contributed by atoms with Crippen LogP contribution in [0.2, 0.25) is 0 Å². The van der Waals surface area contributed by atoms with Crippen molar-refractivity contribution in [2.45, 2.75) is 6.42 Å². The van der Waals surface area contributed by atoms with Gasteiger partial charge in [-0.1, -0.05) is 18.2 Å². The van der Waals surface area contributed by atoms with Crippen LogP contribution < -0.4 is 16.6 Å². The molecule has 0 spiro atoms. The van der Waals surface area contributed by atoms with Gasteiger partial charge in [0, 0.05) is 5.69 Å². The molecule has 0 atom stereocenters. The van der Waals surface area contributed by atoms with E-state index < -0.39 is 5.91 Å². The molecule has 0 aliphatic carbocycles. The summed E-state index contributed by atoms with van der Waals surface area (Å²) in [6, 6.07) is 8.88. The lowest BCUT2D eigenvalue weighted by molar-refractivity contribution is -0.126. The fraction of sp³-hybridized carbons (Fsp3) is 0.111. The third kappa shape index (κ3) is 3.24. The average molecular weight is 193 g/mol. The van der Waals surface area contributed by atoms with Crippen LogP contribution in [0.5, 0.6) is 0 Å². The van der Waals surface area contributed by atoms with Crippen molar-refractivity contribution in [1.29, 1.82) is 0 Å². The molecule has 0 bridgehead atoms. The van der Waals surface area contributed by atoms with E-state index in [2.05, 4.69) is 5.32 Å². The first-order valence-corrected chi connectivity index (χ1v) is 4.06. The molecule has 4 N–H and O–H groups in total. The van der Waals surface area contributed by atoms with E-state index in [0.29, 0.717) is 5.69 Å². The molecule has 0 saturated carbocycles. The first kappa shape index (κ1) is 10.2. The Hall–Kier alpha value is -1.88. The molecule has 14 heavy (non-hydrogen) atoms. The molecule has 0 aliphatic heterocycles. The second-order valence-electron chi connectivity index (χ2n) is 2.66. The van der Waals surface area contributed by atoms with Crippen LogP contribution in [0.25, 0.3) is 0 Å². The van der Waals surface area contributed by atoms with E-state index in [1.807, 2.05) is 11.5 Å². The van der Waals surface area contributed by atoms with E-state index in [1.165, 1.54) is 0 Å². The van der Waals surface area contributed by atoms with Gasteiger partial charge in [-0.2, -0.15) is 0 Å². The molecule has 0 heterocycles. The number of para-hydroxylation sites is 1. The zero-order valence-electron chi connectivity index (χ0n) is 7.49. The highest BCUT2D eigenvalue weighted by Gasteiger charge is 2.07. The van der Waals surface area contributed by atoms with Crippen LogP contribution in [0.1, 0.15) is 6.42 Å². The predicted octanol–water partition coefficient (Wildman–Crippen LogP) is 0.00510. The number of nitrogens with two attached hydrogens (primary N) is 1. The van der Waals surface area contributed by atoms with Crippen LogP contribution in [-0.4, -0.2) is 11.8 Å². The summed E-state index contributed by atoms with van der Waals surface area (Å²) in [4.78, 5) is 21.9. The van der Waals surface area contributed by atoms with Gasteiger partial charge in [-0.3, -0.25) is 15.0 Å². The number of hydrogen-bond acceptors (Lipinski definition) is 3. The second kappa shape index (κ2) is 4.98. The van der Waals surface area contributed by atoms with Crippen molar-refractivity contribution in [3.8, 4) is 0 Å². The molecule has 1 aromatic carbocycles. The molecule has 0 radical (unpaired) electrons. The monoisotopic (exact) mass is 193 g/mol. The Bertz CT molecular complexity index is 324. The van der Waals surface area contributed by atoms with Gasteiger partial charge in [-0.15, -0.1) is 0 Å². The summed E-state index contributed by atoms with van der Waals surface area (Å²) in [5, 5.41) is 2.55. The molecule has 5 heteroatoms. The van der Waals surface area contributed by atoms with Crippen LogP contribution in [0.3, 0.4) is 0 Å². The number of nitrogens with one attached hydrogen (secondary N) is 2. The lowest BCUT2D eigenvalue weighted by atomic mass is 10.3. The minimum absolute atomic E-state index is 0.272. The Labute approximate surface area is 81.3 Å². The number of anilines is 1. The SMILES string of the molecule is NNC(=O)CC(=O)Nc1ccccc1. The van der Waals surface area contributed by atoms with Gasteiger partial charge < -0.3 is 5.32 Å². The molecule has 1 rings (SSSR count). The zero-order chi connectivity index (χ0) is 10.4. The van der Waals surface area contributed by atoms with Gasteiger partial charge in [-0.05, 0) is 12.1 Å². The van der Waals surface area contributed by atoms with Gasteiger partial charge in [0.2, 0.25) is 11.8 Å². The maximum Gasteiger partial charge on any atom is 0.243 e. The van der Waals surface area contributed by atoms with E-state index in [9.17, 15) is 9.59 Å². The van der Waals surface area contributed by atoms with Gasteiger partial charge >= 0.3 is 0 Å². The normalized spacial score (nSPS) is 9.21. The van der Waals surface area contributed by atoms with Crippen molar-refractivity contribution in [2.24, 2.45) is 5.84 Å². The molecule has 2 amide bonds. The van der Waals surface area contributed by atoms with Gasteiger partial charge in [-0.25, -0.2) is 5.84 Å². The van der Waals surface area contributed by atoms with Crippen molar-refractivity contribution >= 4 is 17.5 Å². The summed E-state index contributed by atoms with van der Waals surface area (Å²) in [7, 11) is 0. The first-order chi connectivity index (χ1) is 6.72. The lowest BCUT2D eigenvalue weighted by Gasteiger charge is -2.03. The maximum absolute atomic E-state index is 11.2. The number of hydrazine groups is 1. The molecule has 1 aromatic rings. The van der Waals surface area contributed by atoms with Crippen molar-refractivity contribution in [3.05, 3.63) is 30.3 Å². The topological polar surface area (TPSA) is 84.2 Å². The number of rotatable bonds is 3. The summed E-state index contributed by atoms with van der Waals surface area (Å²) in [5.74, 6) is 3.93. The van der Waals surface area contributed by atoms with E-state index in [4.69, 9.17) is 5.84 Å². The summed E-state index contributed by atoms with van der Waals surface area (Å²) in [5.41, 5.74) is 2.54. The summed E-state index contributed by atoms with van der Waals surface area (Å²) in [6.45, 7) is 0. The Kier molecular flexibility index (Phi) is 3.63. The third-order valence-corrected chi connectivity index (χ3v) is 1.54. The minimum atomic E-state index is -0.515. The zero-order valence-corrected chi connectivity index (χ0v) is 7.49. The van der Waals surface area contributed by atoms with Crippen LogP contribution >= 0.6 is 0 Å².